The highest BCUT2D eigenvalue weighted by Gasteiger charge is 2.20. The van der Waals surface area contributed by atoms with Gasteiger partial charge in [0.15, 0.2) is 0 Å². The van der Waals surface area contributed by atoms with Crippen molar-refractivity contribution in [1.29, 1.82) is 0 Å². The van der Waals surface area contributed by atoms with Crippen molar-refractivity contribution in [3.05, 3.63) is 48.2 Å². The van der Waals surface area contributed by atoms with E-state index in [2.05, 4.69) is 10.3 Å². The van der Waals surface area contributed by atoms with Crippen LogP contribution in [0, 0.1) is 6.92 Å². The van der Waals surface area contributed by atoms with Crippen LogP contribution in [0.2, 0.25) is 0 Å². The summed E-state index contributed by atoms with van der Waals surface area (Å²) in [7, 11) is 1.48. The third kappa shape index (κ3) is 3.56. The number of nitrogens with zero attached hydrogens (tertiary/aromatic N) is 2. The van der Waals surface area contributed by atoms with Gasteiger partial charge in [-0.1, -0.05) is 0 Å². The zero-order valence-corrected chi connectivity index (χ0v) is 11.7. The highest BCUT2D eigenvalue weighted by atomic mass is 16.3. The number of aromatic nitrogens is 1. The Morgan fingerprint density at radius 1 is 1.19 bits per heavy atom. The summed E-state index contributed by atoms with van der Waals surface area (Å²) in [6.45, 7) is 1.86. The van der Waals surface area contributed by atoms with Gasteiger partial charge in [0, 0.05) is 18.9 Å². The number of pyridine rings is 1. The van der Waals surface area contributed by atoms with Crippen LogP contribution in [0.1, 0.15) is 5.56 Å². The van der Waals surface area contributed by atoms with E-state index in [0.717, 1.165) is 5.56 Å². The maximum absolute atomic E-state index is 12.0. The summed E-state index contributed by atoms with van der Waals surface area (Å²) in [4.78, 5) is 29.1. The molecular weight excluding hydrogens is 270 g/mol. The summed E-state index contributed by atoms with van der Waals surface area (Å²) in [5.74, 6) is -1.08. The second-order valence-corrected chi connectivity index (χ2v) is 4.55. The lowest BCUT2D eigenvalue weighted by Crippen LogP contribution is -2.37. The first-order valence-electron chi connectivity index (χ1n) is 6.28. The maximum Gasteiger partial charge on any atom is 0.316 e. The van der Waals surface area contributed by atoms with Crippen LogP contribution in [0.5, 0.6) is 5.75 Å². The Hall–Kier alpha value is -2.89. The molecular formula is C15H15N3O3. The van der Waals surface area contributed by atoms with E-state index < -0.39 is 11.8 Å². The van der Waals surface area contributed by atoms with Crippen molar-refractivity contribution in [3.63, 3.8) is 0 Å². The number of anilines is 2. The van der Waals surface area contributed by atoms with E-state index in [0.29, 0.717) is 11.5 Å². The highest BCUT2D eigenvalue weighted by Crippen LogP contribution is 2.17. The molecule has 0 bridgehead atoms. The van der Waals surface area contributed by atoms with E-state index in [1.807, 2.05) is 6.92 Å². The fourth-order valence-electron chi connectivity index (χ4n) is 1.72. The number of benzene rings is 1. The number of likely N-dealkylation sites (N-methyl/N-ethyl adjacent to an activating group) is 1. The van der Waals surface area contributed by atoms with Crippen LogP contribution in [-0.4, -0.2) is 29.0 Å². The van der Waals surface area contributed by atoms with Crippen LogP contribution >= 0.6 is 0 Å². The second kappa shape index (κ2) is 6.04. The molecule has 2 N–H and O–H groups in total. The number of carbonyl (C=O) groups is 2. The first kappa shape index (κ1) is 14.5. The summed E-state index contributed by atoms with van der Waals surface area (Å²) in [5, 5.41) is 11.7. The Morgan fingerprint density at radius 3 is 2.48 bits per heavy atom. The lowest BCUT2D eigenvalue weighted by molar-refractivity contribution is -0.134. The molecule has 6 heteroatoms. The number of phenolic OH excluding ortho intramolecular Hbond substituents is 1. The van der Waals surface area contributed by atoms with E-state index in [1.165, 1.54) is 24.1 Å². The SMILES string of the molecule is Cc1ccnc(NC(=O)C(=O)N(C)c2ccc(O)cc2)c1. The Kier molecular flexibility index (Phi) is 4.18. The van der Waals surface area contributed by atoms with Crippen molar-refractivity contribution in [2.45, 2.75) is 6.92 Å². The summed E-state index contributed by atoms with van der Waals surface area (Å²) in [5.41, 5.74) is 1.43. The van der Waals surface area contributed by atoms with Crippen LogP contribution in [0.3, 0.4) is 0 Å². The molecule has 0 aliphatic carbocycles. The molecule has 0 aliphatic rings. The minimum atomic E-state index is -0.774. The minimum Gasteiger partial charge on any atom is -0.508 e. The number of rotatable bonds is 2. The van der Waals surface area contributed by atoms with Gasteiger partial charge < -0.3 is 15.3 Å². The molecule has 0 fully saturated rings. The maximum atomic E-state index is 12.0. The predicted octanol–water partition coefficient (Wildman–Crippen LogP) is 1.70. The smallest absolute Gasteiger partial charge is 0.316 e. The standard InChI is InChI=1S/C15H15N3O3/c1-10-7-8-16-13(9-10)17-14(20)15(21)18(2)11-3-5-12(19)6-4-11/h3-9,19H,1-2H3,(H,16,17,20). The summed E-state index contributed by atoms with van der Waals surface area (Å²) < 4.78 is 0. The second-order valence-electron chi connectivity index (χ2n) is 4.55. The quantitative estimate of drug-likeness (QED) is 0.823. The van der Waals surface area contributed by atoms with Crippen molar-refractivity contribution in [3.8, 4) is 5.75 Å². The molecule has 2 rings (SSSR count). The van der Waals surface area contributed by atoms with Gasteiger partial charge in [-0.15, -0.1) is 0 Å². The minimum absolute atomic E-state index is 0.0908. The number of aromatic hydroxyl groups is 1. The van der Waals surface area contributed by atoms with E-state index in [-0.39, 0.29) is 5.75 Å². The number of carbonyl (C=O) groups excluding carboxylic acids is 2. The largest absolute Gasteiger partial charge is 0.508 e. The van der Waals surface area contributed by atoms with Gasteiger partial charge in [-0.05, 0) is 48.9 Å². The van der Waals surface area contributed by atoms with Crippen molar-refractivity contribution >= 4 is 23.3 Å². The summed E-state index contributed by atoms with van der Waals surface area (Å²) >= 11 is 0. The fraction of sp³-hybridized carbons (Fsp3) is 0.133. The number of amides is 2. The van der Waals surface area contributed by atoms with Crippen molar-refractivity contribution in [2.24, 2.45) is 0 Å². The molecule has 108 valence electrons. The topological polar surface area (TPSA) is 82.5 Å². The summed E-state index contributed by atoms with van der Waals surface area (Å²) in [6, 6.07) is 9.45. The van der Waals surface area contributed by atoms with Crippen molar-refractivity contribution in [1.82, 2.24) is 4.98 Å². The average Bonchev–Trinajstić information content (AvgIpc) is 2.46. The number of hydrogen-bond donors (Lipinski definition) is 2. The Morgan fingerprint density at radius 2 is 1.86 bits per heavy atom. The number of aryl methyl sites for hydroxylation is 1. The molecule has 2 aromatic rings. The molecule has 6 nitrogen and oxygen atoms in total. The zero-order valence-electron chi connectivity index (χ0n) is 11.7. The first-order chi connectivity index (χ1) is 9.97. The molecule has 0 unspecified atom stereocenters. The van der Waals surface area contributed by atoms with Crippen LogP contribution in [-0.2, 0) is 9.59 Å². The van der Waals surface area contributed by atoms with Gasteiger partial charge in [0.05, 0.1) is 0 Å². The number of nitrogens with one attached hydrogen (secondary N) is 1. The van der Waals surface area contributed by atoms with Crippen LogP contribution < -0.4 is 10.2 Å². The third-order valence-electron chi connectivity index (χ3n) is 2.89. The highest BCUT2D eigenvalue weighted by molar-refractivity contribution is 6.44. The van der Waals surface area contributed by atoms with Gasteiger partial charge >= 0.3 is 11.8 Å². The molecule has 1 heterocycles. The predicted molar refractivity (Wildman–Crippen MR) is 79.1 cm³/mol. The lowest BCUT2D eigenvalue weighted by atomic mass is 10.2. The van der Waals surface area contributed by atoms with Gasteiger partial charge in [0.25, 0.3) is 0 Å². The van der Waals surface area contributed by atoms with E-state index in [4.69, 9.17) is 0 Å². The van der Waals surface area contributed by atoms with Crippen molar-refractivity contribution in [2.75, 3.05) is 17.3 Å². The molecule has 1 aromatic heterocycles. The van der Waals surface area contributed by atoms with E-state index in [9.17, 15) is 14.7 Å². The van der Waals surface area contributed by atoms with Gasteiger partial charge in [-0.25, -0.2) is 4.98 Å². The molecule has 1 aromatic carbocycles. The Bertz CT molecular complexity index is 668. The molecule has 0 saturated carbocycles. The molecule has 0 saturated heterocycles. The fourth-order valence-corrected chi connectivity index (χ4v) is 1.72. The number of phenols is 1. The molecule has 0 spiro atoms. The first-order valence-corrected chi connectivity index (χ1v) is 6.28. The van der Waals surface area contributed by atoms with Gasteiger partial charge in [0.1, 0.15) is 11.6 Å². The summed E-state index contributed by atoms with van der Waals surface area (Å²) in [6.07, 6.45) is 1.55. The normalized spacial score (nSPS) is 10.0. The molecule has 0 atom stereocenters. The zero-order chi connectivity index (χ0) is 15.4. The van der Waals surface area contributed by atoms with Crippen LogP contribution in [0.15, 0.2) is 42.6 Å². The van der Waals surface area contributed by atoms with Gasteiger partial charge in [-0.2, -0.15) is 0 Å². The van der Waals surface area contributed by atoms with Crippen LogP contribution in [0.25, 0.3) is 0 Å². The Labute approximate surface area is 122 Å². The number of hydrogen-bond acceptors (Lipinski definition) is 4. The van der Waals surface area contributed by atoms with Crippen molar-refractivity contribution < 1.29 is 14.7 Å². The van der Waals surface area contributed by atoms with Crippen LogP contribution in [0.4, 0.5) is 11.5 Å². The average molecular weight is 285 g/mol. The van der Waals surface area contributed by atoms with E-state index in [1.54, 1.807) is 30.5 Å². The monoisotopic (exact) mass is 285 g/mol. The molecule has 21 heavy (non-hydrogen) atoms. The van der Waals surface area contributed by atoms with Gasteiger partial charge in [0.2, 0.25) is 0 Å². The third-order valence-corrected chi connectivity index (χ3v) is 2.89. The lowest BCUT2D eigenvalue weighted by Gasteiger charge is -2.16. The molecule has 2 amide bonds. The van der Waals surface area contributed by atoms with E-state index >= 15 is 0 Å². The molecule has 0 aliphatic heterocycles. The Balaban J connectivity index is 2.08. The van der Waals surface area contributed by atoms with Gasteiger partial charge in [-0.3, -0.25) is 9.59 Å². The molecule has 0 radical (unpaired) electrons.